The molecule has 0 spiro atoms. The van der Waals surface area contributed by atoms with Gasteiger partial charge in [-0.2, -0.15) is 5.26 Å². The van der Waals surface area contributed by atoms with Crippen LogP contribution in [0.15, 0.2) is 17.1 Å². The van der Waals surface area contributed by atoms with Crippen molar-refractivity contribution >= 4 is 51.4 Å². The SMILES string of the molecule is N#Cc1c(N=Cc2c(Cl)ccc([N+](=O)[O-])c2Cl)sc2c1CCCC2. The molecule has 1 aromatic heterocycles. The summed E-state index contributed by atoms with van der Waals surface area (Å²) in [6, 6.07) is 4.89. The maximum atomic E-state index is 11.0. The molecule has 0 amide bonds. The van der Waals surface area contributed by atoms with E-state index in [1.807, 2.05) is 0 Å². The first kappa shape index (κ1) is 16.9. The van der Waals surface area contributed by atoms with Gasteiger partial charge in [-0.05, 0) is 37.3 Å². The molecular weight excluding hydrogens is 369 g/mol. The first-order chi connectivity index (χ1) is 11.5. The summed E-state index contributed by atoms with van der Waals surface area (Å²) in [6.45, 7) is 0. The van der Waals surface area contributed by atoms with Crippen LogP contribution >= 0.6 is 34.5 Å². The number of aliphatic imine (C=N–C) groups is 1. The minimum absolute atomic E-state index is 0.0592. The van der Waals surface area contributed by atoms with E-state index in [2.05, 4.69) is 11.1 Å². The van der Waals surface area contributed by atoms with Crippen LogP contribution in [0.25, 0.3) is 0 Å². The predicted octanol–water partition coefficient (Wildman–Crippen LogP) is 5.46. The first-order valence-corrected chi connectivity index (χ1v) is 8.81. The van der Waals surface area contributed by atoms with Gasteiger partial charge in [-0.3, -0.25) is 10.1 Å². The van der Waals surface area contributed by atoms with Crippen LogP contribution in [-0.2, 0) is 12.8 Å². The van der Waals surface area contributed by atoms with Crippen LogP contribution in [0.2, 0.25) is 10.0 Å². The van der Waals surface area contributed by atoms with E-state index in [0.29, 0.717) is 10.6 Å². The van der Waals surface area contributed by atoms with Gasteiger partial charge in [0.2, 0.25) is 0 Å². The molecule has 1 aliphatic carbocycles. The van der Waals surface area contributed by atoms with Gasteiger partial charge in [0.15, 0.2) is 0 Å². The van der Waals surface area contributed by atoms with Gasteiger partial charge >= 0.3 is 0 Å². The fraction of sp³-hybridized carbons (Fsp3) is 0.250. The van der Waals surface area contributed by atoms with Crippen LogP contribution in [0.5, 0.6) is 0 Å². The van der Waals surface area contributed by atoms with Crippen molar-refractivity contribution < 1.29 is 4.92 Å². The number of hydrogen-bond donors (Lipinski definition) is 0. The van der Waals surface area contributed by atoms with E-state index in [0.717, 1.165) is 31.2 Å². The molecule has 0 saturated heterocycles. The highest BCUT2D eigenvalue weighted by Gasteiger charge is 2.21. The normalized spacial score (nSPS) is 13.7. The third-order valence-corrected chi connectivity index (χ3v) is 5.80. The highest BCUT2D eigenvalue weighted by Crippen LogP contribution is 2.40. The Labute approximate surface area is 152 Å². The molecule has 0 N–H and O–H groups in total. The van der Waals surface area contributed by atoms with Crippen LogP contribution < -0.4 is 0 Å². The maximum Gasteiger partial charge on any atom is 0.288 e. The van der Waals surface area contributed by atoms with E-state index < -0.39 is 4.92 Å². The number of benzene rings is 1. The lowest BCUT2D eigenvalue weighted by Gasteiger charge is -2.09. The van der Waals surface area contributed by atoms with Gasteiger partial charge < -0.3 is 0 Å². The third-order valence-electron chi connectivity index (χ3n) is 3.88. The van der Waals surface area contributed by atoms with Crippen molar-refractivity contribution in [2.75, 3.05) is 0 Å². The number of hydrogen-bond acceptors (Lipinski definition) is 5. The monoisotopic (exact) mass is 379 g/mol. The fourth-order valence-electron chi connectivity index (χ4n) is 2.70. The number of rotatable bonds is 3. The van der Waals surface area contributed by atoms with Gasteiger partial charge in [-0.1, -0.05) is 23.2 Å². The molecule has 24 heavy (non-hydrogen) atoms. The molecule has 1 aliphatic rings. The second-order valence-corrected chi connectivity index (χ2v) is 7.18. The summed E-state index contributed by atoms with van der Waals surface area (Å²) >= 11 is 13.6. The van der Waals surface area contributed by atoms with E-state index in [1.54, 1.807) is 0 Å². The number of nitriles is 1. The average molecular weight is 380 g/mol. The van der Waals surface area contributed by atoms with E-state index in [-0.39, 0.29) is 21.3 Å². The lowest BCUT2D eigenvalue weighted by Crippen LogP contribution is -1.99. The molecule has 0 saturated carbocycles. The molecule has 0 unspecified atom stereocenters. The molecule has 2 aromatic rings. The summed E-state index contributed by atoms with van der Waals surface area (Å²) < 4.78 is 0. The summed E-state index contributed by atoms with van der Waals surface area (Å²) in [5, 5.41) is 21.2. The van der Waals surface area contributed by atoms with Crippen molar-refractivity contribution in [2.45, 2.75) is 25.7 Å². The Morgan fingerprint density at radius 2 is 2.08 bits per heavy atom. The molecule has 0 atom stereocenters. The van der Waals surface area contributed by atoms with Crippen LogP contribution in [0.4, 0.5) is 10.7 Å². The summed E-state index contributed by atoms with van der Waals surface area (Å²) in [5.74, 6) is 0. The number of halogens is 2. The van der Waals surface area contributed by atoms with Crippen LogP contribution in [0.1, 0.15) is 34.4 Å². The summed E-state index contributed by atoms with van der Waals surface area (Å²) in [7, 11) is 0. The van der Waals surface area contributed by atoms with Crippen molar-refractivity contribution in [1.29, 1.82) is 5.26 Å². The molecule has 5 nitrogen and oxygen atoms in total. The molecule has 1 aromatic carbocycles. The smallest absolute Gasteiger partial charge is 0.258 e. The fourth-order valence-corrected chi connectivity index (χ4v) is 4.42. The Balaban J connectivity index is 2.04. The standard InChI is InChI=1S/C16H11Cl2N3O2S/c17-12-5-6-13(21(22)23)15(18)11(12)8-20-16-10(7-19)9-3-1-2-4-14(9)24-16/h5-6,8H,1-4H2. The minimum atomic E-state index is -0.569. The van der Waals surface area contributed by atoms with Gasteiger partial charge in [0.25, 0.3) is 5.69 Å². The number of thiophene rings is 1. The Bertz CT molecular complexity index is 900. The van der Waals surface area contributed by atoms with Crippen LogP contribution in [-0.4, -0.2) is 11.1 Å². The van der Waals surface area contributed by atoms with Crippen molar-refractivity contribution in [3.05, 3.63) is 53.9 Å². The van der Waals surface area contributed by atoms with E-state index in [4.69, 9.17) is 23.2 Å². The zero-order valence-corrected chi connectivity index (χ0v) is 14.7. The maximum absolute atomic E-state index is 11.0. The molecule has 0 fully saturated rings. The molecule has 0 radical (unpaired) electrons. The molecule has 3 rings (SSSR count). The third kappa shape index (κ3) is 3.03. The summed E-state index contributed by atoms with van der Waals surface area (Å²) in [4.78, 5) is 16.0. The zero-order valence-electron chi connectivity index (χ0n) is 12.4. The van der Waals surface area contributed by atoms with Gasteiger partial charge in [-0.25, -0.2) is 4.99 Å². The Morgan fingerprint density at radius 3 is 2.79 bits per heavy atom. The molecular formula is C16H11Cl2N3O2S. The number of nitrogens with zero attached hydrogens (tertiary/aromatic N) is 3. The Morgan fingerprint density at radius 1 is 1.33 bits per heavy atom. The van der Waals surface area contributed by atoms with Gasteiger partial charge in [-0.15, -0.1) is 11.3 Å². The Kier molecular flexibility index (Phi) is 4.86. The summed E-state index contributed by atoms with van der Waals surface area (Å²) in [5.41, 5.74) is 1.72. The second-order valence-electron chi connectivity index (χ2n) is 5.31. The quantitative estimate of drug-likeness (QED) is 0.403. The molecule has 122 valence electrons. The van der Waals surface area contributed by atoms with Crippen molar-refractivity contribution in [3.8, 4) is 6.07 Å². The van der Waals surface area contributed by atoms with E-state index >= 15 is 0 Å². The Hall–Kier alpha value is -1.94. The number of nitro benzene ring substituents is 1. The lowest BCUT2D eigenvalue weighted by atomic mass is 9.96. The zero-order chi connectivity index (χ0) is 17.3. The van der Waals surface area contributed by atoms with E-state index in [1.165, 1.54) is 34.6 Å². The number of fused-ring (bicyclic) bond motifs is 1. The van der Waals surface area contributed by atoms with Crippen LogP contribution in [0, 0.1) is 21.4 Å². The van der Waals surface area contributed by atoms with Crippen molar-refractivity contribution in [3.63, 3.8) is 0 Å². The molecule has 8 heteroatoms. The predicted molar refractivity (Wildman–Crippen MR) is 96.0 cm³/mol. The largest absolute Gasteiger partial charge is 0.288 e. The van der Waals surface area contributed by atoms with Crippen molar-refractivity contribution in [2.24, 2.45) is 4.99 Å². The van der Waals surface area contributed by atoms with Crippen LogP contribution in [0.3, 0.4) is 0 Å². The number of nitro groups is 1. The highest BCUT2D eigenvalue weighted by molar-refractivity contribution is 7.16. The lowest BCUT2D eigenvalue weighted by molar-refractivity contribution is -0.384. The topological polar surface area (TPSA) is 79.3 Å². The number of aryl methyl sites for hydroxylation is 1. The molecule has 0 bridgehead atoms. The minimum Gasteiger partial charge on any atom is -0.258 e. The highest BCUT2D eigenvalue weighted by atomic mass is 35.5. The molecule has 1 heterocycles. The van der Waals surface area contributed by atoms with Crippen molar-refractivity contribution in [1.82, 2.24) is 0 Å². The first-order valence-electron chi connectivity index (χ1n) is 7.24. The van der Waals surface area contributed by atoms with Gasteiger partial charge in [0.05, 0.1) is 15.5 Å². The van der Waals surface area contributed by atoms with Gasteiger partial charge in [0, 0.05) is 22.7 Å². The second kappa shape index (κ2) is 6.89. The van der Waals surface area contributed by atoms with E-state index in [9.17, 15) is 15.4 Å². The average Bonchev–Trinajstić information content (AvgIpc) is 2.91. The molecule has 0 aliphatic heterocycles. The van der Waals surface area contributed by atoms with Gasteiger partial charge in [0.1, 0.15) is 16.1 Å². The summed E-state index contributed by atoms with van der Waals surface area (Å²) in [6.07, 6.45) is 5.44.